The van der Waals surface area contributed by atoms with E-state index in [0.29, 0.717) is 0 Å². The zero-order valence-corrected chi connectivity index (χ0v) is 16.2. The van der Waals surface area contributed by atoms with Gasteiger partial charge >= 0.3 is 0 Å². The van der Waals surface area contributed by atoms with Gasteiger partial charge in [-0.3, -0.25) is 0 Å². The van der Waals surface area contributed by atoms with Crippen molar-refractivity contribution in [3.8, 4) is 0 Å². The molecule has 130 valence electrons. The van der Waals surface area contributed by atoms with Gasteiger partial charge in [0.05, 0.1) is 0 Å². The van der Waals surface area contributed by atoms with Crippen molar-refractivity contribution in [1.29, 1.82) is 0 Å². The fraction of sp³-hybridized carbons (Fsp3) is 0.417. The molecule has 0 nitrogen and oxygen atoms in total. The largest absolute Gasteiger partial charge is 0.0838 e. The number of hydrogen-bond donors (Lipinski definition) is 0. The molecule has 2 aromatic carbocycles. The molecule has 0 aromatic heterocycles. The van der Waals surface area contributed by atoms with Crippen molar-refractivity contribution in [1.82, 2.24) is 0 Å². The zero-order chi connectivity index (χ0) is 17.8. The molecule has 0 bridgehead atoms. The van der Waals surface area contributed by atoms with Crippen LogP contribution in [0.4, 0.5) is 0 Å². The van der Waals surface area contributed by atoms with Crippen LogP contribution in [0.25, 0.3) is 5.57 Å². The van der Waals surface area contributed by atoms with Crippen molar-refractivity contribution in [3.63, 3.8) is 0 Å². The van der Waals surface area contributed by atoms with Gasteiger partial charge < -0.3 is 0 Å². The van der Waals surface area contributed by atoms with Gasteiger partial charge in [-0.1, -0.05) is 94.3 Å². The minimum Gasteiger partial charge on any atom is -0.0838 e. The van der Waals surface area contributed by atoms with Crippen molar-refractivity contribution in [2.24, 2.45) is 5.92 Å². The van der Waals surface area contributed by atoms with Gasteiger partial charge in [0.25, 0.3) is 0 Å². The summed E-state index contributed by atoms with van der Waals surface area (Å²) in [6, 6.07) is 19.3. The van der Waals surface area contributed by atoms with Crippen molar-refractivity contribution in [3.05, 3.63) is 77.4 Å². The van der Waals surface area contributed by atoms with Gasteiger partial charge in [0.1, 0.15) is 0 Å². The second-order valence-corrected chi connectivity index (χ2v) is 6.58. The fourth-order valence-corrected chi connectivity index (χ4v) is 2.80. The molecule has 1 unspecified atom stereocenters. The molecule has 0 aliphatic rings. The van der Waals surface area contributed by atoms with E-state index in [1.807, 2.05) is 0 Å². The van der Waals surface area contributed by atoms with E-state index in [9.17, 15) is 0 Å². The smallest absolute Gasteiger partial charge is 0.0199 e. The fourth-order valence-electron chi connectivity index (χ4n) is 2.80. The Balaban J connectivity index is 0.000000243. The highest BCUT2D eigenvalue weighted by Crippen LogP contribution is 2.22. The Morgan fingerprint density at radius 2 is 1.58 bits per heavy atom. The van der Waals surface area contributed by atoms with Crippen LogP contribution in [0.1, 0.15) is 63.6 Å². The van der Waals surface area contributed by atoms with Gasteiger partial charge in [-0.2, -0.15) is 0 Å². The Morgan fingerprint density at radius 1 is 0.958 bits per heavy atom. The van der Waals surface area contributed by atoms with Crippen molar-refractivity contribution < 1.29 is 0 Å². The summed E-state index contributed by atoms with van der Waals surface area (Å²) in [6.45, 7) is 11.1. The van der Waals surface area contributed by atoms with Crippen LogP contribution in [0.2, 0.25) is 0 Å². The molecule has 0 heterocycles. The molecule has 0 heteroatoms. The average molecular weight is 323 g/mol. The molecule has 0 N–H and O–H groups in total. The quantitative estimate of drug-likeness (QED) is 0.517. The second kappa shape index (κ2) is 11.7. The third-order valence-corrected chi connectivity index (χ3v) is 4.48. The lowest BCUT2D eigenvalue weighted by molar-refractivity contribution is 0.560. The van der Waals surface area contributed by atoms with Gasteiger partial charge in [0, 0.05) is 0 Å². The molecule has 24 heavy (non-hydrogen) atoms. The summed E-state index contributed by atoms with van der Waals surface area (Å²) >= 11 is 0. The summed E-state index contributed by atoms with van der Waals surface area (Å²) in [5.41, 5.74) is 5.72. The minimum atomic E-state index is 0.817. The number of aryl methyl sites for hydroxylation is 1. The third-order valence-electron chi connectivity index (χ3n) is 4.48. The standard InChI is InChI=1S/C13H18.C11H16/c1-4-8-12(5-2)13-10-7-6-9-11(13)3;1-3-10(2)9-11-7-5-4-6-8-11/h5-7,9-10H,4,8H2,1-3H3;4-8,10H,3,9H2,1-2H3/b12-5-;. The maximum absolute atomic E-state index is 2.30. The van der Waals surface area contributed by atoms with E-state index >= 15 is 0 Å². The van der Waals surface area contributed by atoms with E-state index < -0.39 is 0 Å². The molecule has 0 saturated carbocycles. The topological polar surface area (TPSA) is 0 Å². The summed E-state index contributed by atoms with van der Waals surface area (Å²) in [4.78, 5) is 0. The third kappa shape index (κ3) is 7.17. The van der Waals surface area contributed by atoms with Crippen LogP contribution < -0.4 is 0 Å². The van der Waals surface area contributed by atoms with Gasteiger partial charge in [0.2, 0.25) is 0 Å². The second-order valence-electron chi connectivity index (χ2n) is 6.58. The summed E-state index contributed by atoms with van der Waals surface area (Å²) in [6.07, 6.45) is 7.12. The van der Waals surface area contributed by atoms with Crippen LogP contribution in [0.15, 0.2) is 60.7 Å². The van der Waals surface area contributed by atoms with Crippen LogP contribution in [-0.4, -0.2) is 0 Å². The van der Waals surface area contributed by atoms with Crippen LogP contribution >= 0.6 is 0 Å². The highest BCUT2D eigenvalue weighted by molar-refractivity contribution is 5.67. The molecule has 0 fully saturated rings. The SMILES string of the molecule is C/C=C(/CCC)c1ccccc1C.CCC(C)Cc1ccccc1. The van der Waals surface area contributed by atoms with E-state index in [1.54, 1.807) is 0 Å². The maximum atomic E-state index is 2.30. The molecular formula is C24H34. The Morgan fingerprint density at radius 3 is 2.12 bits per heavy atom. The van der Waals surface area contributed by atoms with Gasteiger partial charge in [-0.25, -0.2) is 0 Å². The lowest BCUT2D eigenvalue weighted by Crippen LogP contribution is -1.96. The minimum absolute atomic E-state index is 0.817. The highest BCUT2D eigenvalue weighted by Gasteiger charge is 2.01. The molecule has 1 atom stereocenters. The Labute approximate surface area is 149 Å². The van der Waals surface area contributed by atoms with Crippen LogP contribution in [0, 0.1) is 12.8 Å². The first-order chi connectivity index (χ1) is 11.6. The van der Waals surface area contributed by atoms with Crippen molar-refractivity contribution >= 4 is 5.57 Å². The monoisotopic (exact) mass is 322 g/mol. The predicted molar refractivity (Wildman–Crippen MR) is 109 cm³/mol. The highest BCUT2D eigenvalue weighted by atomic mass is 14.1. The van der Waals surface area contributed by atoms with Crippen molar-refractivity contribution in [2.75, 3.05) is 0 Å². The Kier molecular flexibility index (Phi) is 9.84. The van der Waals surface area contributed by atoms with Crippen LogP contribution in [0.3, 0.4) is 0 Å². The first kappa shape index (κ1) is 20.2. The average Bonchev–Trinajstić information content (AvgIpc) is 2.62. The first-order valence-electron chi connectivity index (χ1n) is 9.37. The normalized spacial score (nSPS) is 12.3. The van der Waals surface area contributed by atoms with Crippen molar-refractivity contribution in [2.45, 2.75) is 60.3 Å². The van der Waals surface area contributed by atoms with E-state index in [0.717, 1.165) is 5.92 Å². The summed E-state index contributed by atoms with van der Waals surface area (Å²) in [7, 11) is 0. The molecule has 0 amide bonds. The number of allylic oxidation sites excluding steroid dienone is 2. The molecule has 0 radical (unpaired) electrons. The number of benzene rings is 2. The van der Waals surface area contributed by atoms with E-state index in [-0.39, 0.29) is 0 Å². The van der Waals surface area contributed by atoms with Gasteiger partial charge in [-0.15, -0.1) is 0 Å². The van der Waals surface area contributed by atoms with Gasteiger partial charge in [0.15, 0.2) is 0 Å². The molecule has 2 aromatic rings. The maximum Gasteiger partial charge on any atom is -0.0199 e. The van der Waals surface area contributed by atoms with Crippen LogP contribution in [-0.2, 0) is 6.42 Å². The lowest BCUT2D eigenvalue weighted by Gasteiger charge is -2.08. The number of rotatable bonds is 6. The lowest BCUT2D eigenvalue weighted by atomic mass is 9.97. The molecule has 0 aliphatic heterocycles. The van der Waals surface area contributed by atoms with E-state index in [1.165, 1.54) is 47.9 Å². The zero-order valence-electron chi connectivity index (χ0n) is 16.2. The summed E-state index contributed by atoms with van der Waals surface area (Å²) in [5.74, 6) is 0.817. The van der Waals surface area contributed by atoms with Gasteiger partial charge in [-0.05, 0) is 54.9 Å². The molecular weight excluding hydrogens is 288 g/mol. The summed E-state index contributed by atoms with van der Waals surface area (Å²) in [5, 5.41) is 0. The summed E-state index contributed by atoms with van der Waals surface area (Å²) < 4.78 is 0. The molecule has 0 aliphatic carbocycles. The number of hydrogen-bond acceptors (Lipinski definition) is 0. The Bertz CT molecular complexity index is 592. The molecule has 0 spiro atoms. The first-order valence-corrected chi connectivity index (χ1v) is 9.37. The Hall–Kier alpha value is -1.82. The van der Waals surface area contributed by atoms with Crippen LogP contribution in [0.5, 0.6) is 0 Å². The van der Waals surface area contributed by atoms with E-state index in [4.69, 9.17) is 0 Å². The molecule has 2 rings (SSSR count). The molecule has 0 saturated heterocycles. The predicted octanol–water partition coefficient (Wildman–Crippen LogP) is 7.47. The van der Waals surface area contributed by atoms with E-state index in [2.05, 4.69) is 95.3 Å².